The van der Waals surface area contributed by atoms with E-state index in [1.54, 1.807) is 12.1 Å². The molecule has 30 heavy (non-hydrogen) atoms. The molecule has 0 aliphatic rings. The number of hydrogen-bond donors (Lipinski definition) is 4. The Kier molecular flexibility index (Phi) is 6.14. The maximum absolute atomic E-state index is 12.6. The van der Waals surface area contributed by atoms with Crippen molar-refractivity contribution in [3.05, 3.63) is 58.6 Å². The van der Waals surface area contributed by atoms with Crippen LogP contribution in [0, 0.1) is 0 Å². The van der Waals surface area contributed by atoms with E-state index in [-0.39, 0.29) is 24.4 Å². The number of carbonyl (C=O) groups is 3. The van der Waals surface area contributed by atoms with E-state index in [0.717, 1.165) is 10.2 Å². The number of anilines is 1. The second-order valence-electron chi connectivity index (χ2n) is 7.37. The third-order valence-corrected chi connectivity index (χ3v) is 5.50. The van der Waals surface area contributed by atoms with Crippen molar-refractivity contribution < 1.29 is 14.4 Å². The Balaban J connectivity index is 1.76. The molecule has 0 bridgehead atoms. The highest BCUT2D eigenvalue weighted by Crippen LogP contribution is 2.22. The van der Waals surface area contributed by atoms with Gasteiger partial charge in [-0.3, -0.25) is 14.4 Å². The topological polar surface area (TPSA) is 140 Å². The number of nitrogens with zero attached hydrogens (tertiary/aromatic N) is 1. The van der Waals surface area contributed by atoms with Gasteiger partial charge in [0.15, 0.2) is 0 Å². The normalized spacial score (nSPS) is 11.3. The van der Waals surface area contributed by atoms with Crippen LogP contribution >= 0.6 is 11.3 Å². The Morgan fingerprint density at radius 1 is 1.13 bits per heavy atom. The van der Waals surface area contributed by atoms with Gasteiger partial charge in [0.05, 0.1) is 16.6 Å². The van der Waals surface area contributed by atoms with Crippen LogP contribution in [0.1, 0.15) is 34.8 Å². The van der Waals surface area contributed by atoms with Crippen LogP contribution in [0.15, 0.2) is 42.5 Å². The molecule has 0 saturated heterocycles. The number of para-hydroxylation sites is 1. The van der Waals surface area contributed by atoms with E-state index in [0.29, 0.717) is 16.3 Å². The summed E-state index contributed by atoms with van der Waals surface area (Å²) in [6, 6.07) is 12.5. The average Bonchev–Trinajstić information content (AvgIpc) is 3.09. The van der Waals surface area contributed by atoms with Gasteiger partial charge in [0.2, 0.25) is 11.8 Å². The summed E-state index contributed by atoms with van der Waals surface area (Å²) in [5.74, 6) is -1.40. The first-order valence-electron chi connectivity index (χ1n) is 9.28. The van der Waals surface area contributed by atoms with Gasteiger partial charge < -0.3 is 22.1 Å². The summed E-state index contributed by atoms with van der Waals surface area (Å²) >= 11 is 1.46. The number of nitrogens with one attached hydrogen (secondary N) is 2. The van der Waals surface area contributed by atoms with Gasteiger partial charge in [-0.1, -0.05) is 12.1 Å². The number of nitrogens with two attached hydrogens (primary N) is 2. The number of amides is 3. The van der Waals surface area contributed by atoms with Crippen LogP contribution in [0.5, 0.6) is 0 Å². The molecule has 2 aromatic carbocycles. The van der Waals surface area contributed by atoms with Crippen LogP contribution in [0.25, 0.3) is 10.2 Å². The molecule has 3 amide bonds. The largest absolute Gasteiger partial charge is 0.368 e. The molecule has 0 atom stereocenters. The first kappa shape index (κ1) is 21.4. The summed E-state index contributed by atoms with van der Waals surface area (Å²) in [7, 11) is 0. The van der Waals surface area contributed by atoms with Gasteiger partial charge in [-0.2, -0.15) is 0 Å². The molecule has 0 fully saturated rings. The Bertz CT molecular complexity index is 1090. The van der Waals surface area contributed by atoms with Crippen molar-refractivity contribution in [3.63, 3.8) is 0 Å². The van der Waals surface area contributed by atoms with E-state index in [2.05, 4.69) is 15.6 Å². The molecular formula is C21H23N5O3S. The van der Waals surface area contributed by atoms with Crippen molar-refractivity contribution in [2.24, 2.45) is 11.5 Å². The Morgan fingerprint density at radius 3 is 2.53 bits per heavy atom. The molecule has 0 radical (unpaired) electrons. The number of thiazole rings is 1. The molecule has 8 nitrogen and oxygen atoms in total. The van der Waals surface area contributed by atoms with Crippen molar-refractivity contribution in [2.45, 2.75) is 32.4 Å². The highest BCUT2D eigenvalue weighted by molar-refractivity contribution is 7.18. The van der Waals surface area contributed by atoms with Crippen molar-refractivity contribution >= 4 is 45.0 Å². The van der Waals surface area contributed by atoms with Crippen molar-refractivity contribution in [1.29, 1.82) is 0 Å². The molecule has 1 aromatic heterocycles. The van der Waals surface area contributed by atoms with Gasteiger partial charge in [0.25, 0.3) is 5.91 Å². The van der Waals surface area contributed by atoms with Gasteiger partial charge in [-0.15, -0.1) is 11.3 Å². The summed E-state index contributed by atoms with van der Waals surface area (Å²) in [6.45, 7) is 3.21. The fraction of sp³-hybridized carbons (Fsp3) is 0.238. The monoisotopic (exact) mass is 425 g/mol. The maximum atomic E-state index is 12.6. The van der Waals surface area contributed by atoms with E-state index in [1.165, 1.54) is 31.3 Å². The maximum Gasteiger partial charge on any atom is 0.252 e. The predicted octanol–water partition coefficient (Wildman–Crippen LogP) is 1.93. The number of hydrogen-bond acceptors (Lipinski definition) is 6. The zero-order valence-corrected chi connectivity index (χ0v) is 17.5. The van der Waals surface area contributed by atoms with Crippen LogP contribution in [-0.2, 0) is 22.6 Å². The summed E-state index contributed by atoms with van der Waals surface area (Å²) in [5.41, 5.74) is 12.0. The molecule has 3 aromatic rings. The number of primary amides is 1. The quantitative estimate of drug-likeness (QED) is 0.458. The molecule has 0 unspecified atom stereocenters. The van der Waals surface area contributed by atoms with E-state index >= 15 is 0 Å². The molecule has 6 N–H and O–H groups in total. The average molecular weight is 426 g/mol. The van der Waals surface area contributed by atoms with E-state index < -0.39 is 17.4 Å². The highest BCUT2D eigenvalue weighted by Gasteiger charge is 2.27. The summed E-state index contributed by atoms with van der Waals surface area (Å²) in [6.07, 6.45) is 0.114. The first-order valence-corrected chi connectivity index (χ1v) is 10.1. The van der Waals surface area contributed by atoms with Gasteiger partial charge in [0.1, 0.15) is 10.5 Å². The SMILES string of the molecule is CC(C)(NC(=O)c1cc(CN)cc(NC(=O)Cc2nc3ccccc3s2)c1)C(N)=O. The zero-order valence-electron chi connectivity index (χ0n) is 16.7. The van der Waals surface area contributed by atoms with Crippen molar-refractivity contribution in [3.8, 4) is 0 Å². The minimum absolute atomic E-state index is 0.114. The van der Waals surface area contributed by atoms with Crippen LogP contribution in [0.2, 0.25) is 0 Å². The minimum Gasteiger partial charge on any atom is -0.368 e. The molecular weight excluding hydrogens is 402 g/mol. The lowest BCUT2D eigenvalue weighted by atomic mass is 10.0. The second-order valence-corrected chi connectivity index (χ2v) is 8.48. The number of benzene rings is 2. The third kappa shape index (κ3) is 5.00. The number of fused-ring (bicyclic) bond motifs is 1. The van der Waals surface area contributed by atoms with E-state index in [4.69, 9.17) is 11.5 Å². The summed E-state index contributed by atoms with van der Waals surface area (Å²) in [4.78, 5) is 41.0. The number of aromatic nitrogens is 1. The van der Waals surface area contributed by atoms with Crippen LogP contribution < -0.4 is 22.1 Å². The Labute approximate surface area is 177 Å². The van der Waals surface area contributed by atoms with E-state index in [9.17, 15) is 14.4 Å². The molecule has 0 aliphatic carbocycles. The van der Waals surface area contributed by atoms with Gasteiger partial charge in [0, 0.05) is 17.8 Å². The fourth-order valence-electron chi connectivity index (χ4n) is 2.77. The van der Waals surface area contributed by atoms with Crippen molar-refractivity contribution in [1.82, 2.24) is 10.3 Å². The number of rotatable bonds is 7. The lowest BCUT2D eigenvalue weighted by molar-refractivity contribution is -0.122. The second kappa shape index (κ2) is 8.60. The van der Waals surface area contributed by atoms with Gasteiger partial charge in [-0.25, -0.2) is 4.98 Å². The smallest absolute Gasteiger partial charge is 0.252 e. The van der Waals surface area contributed by atoms with Crippen LogP contribution in [-0.4, -0.2) is 28.2 Å². The molecule has 156 valence electrons. The molecule has 0 aliphatic heterocycles. The fourth-order valence-corrected chi connectivity index (χ4v) is 3.73. The first-order chi connectivity index (χ1) is 14.2. The molecule has 1 heterocycles. The van der Waals surface area contributed by atoms with Crippen LogP contribution in [0.4, 0.5) is 5.69 Å². The Hall–Kier alpha value is -3.30. The molecule has 9 heteroatoms. The summed E-state index contributed by atoms with van der Waals surface area (Å²) < 4.78 is 1.02. The van der Waals surface area contributed by atoms with Crippen LogP contribution in [0.3, 0.4) is 0 Å². The zero-order chi connectivity index (χ0) is 21.9. The third-order valence-electron chi connectivity index (χ3n) is 4.47. The van der Waals surface area contributed by atoms with E-state index in [1.807, 2.05) is 24.3 Å². The lowest BCUT2D eigenvalue weighted by Crippen LogP contribution is -2.53. The minimum atomic E-state index is -1.22. The number of carbonyl (C=O) groups excluding carboxylic acids is 3. The van der Waals surface area contributed by atoms with Gasteiger partial charge in [-0.05, 0) is 49.7 Å². The standard InChI is InChI=1S/C21H23N5O3S/c1-21(2,20(23)29)26-19(28)13-7-12(11-22)8-14(9-13)24-17(27)10-18-25-15-5-3-4-6-16(15)30-18/h3-9H,10-11,22H2,1-2H3,(H2,23,29)(H,24,27)(H,26,28). The van der Waals surface area contributed by atoms with Gasteiger partial charge >= 0.3 is 0 Å². The van der Waals surface area contributed by atoms with Crippen molar-refractivity contribution in [2.75, 3.05) is 5.32 Å². The lowest BCUT2D eigenvalue weighted by Gasteiger charge is -2.22. The summed E-state index contributed by atoms with van der Waals surface area (Å²) in [5, 5.41) is 6.07. The molecule has 0 saturated carbocycles. The molecule has 3 rings (SSSR count). The predicted molar refractivity (Wildman–Crippen MR) is 117 cm³/mol. The highest BCUT2D eigenvalue weighted by atomic mass is 32.1. The Morgan fingerprint density at radius 2 is 1.87 bits per heavy atom. The molecule has 0 spiro atoms.